The molecular weight excluding hydrogens is 309 g/mol. The molecule has 0 saturated heterocycles. The Morgan fingerprint density at radius 1 is 1.38 bits per heavy atom. The van der Waals surface area contributed by atoms with Crippen LogP contribution < -0.4 is 15.5 Å². The number of carbonyl (C=O) groups excluding carboxylic acids is 1. The third-order valence-corrected chi connectivity index (χ3v) is 4.00. The van der Waals surface area contributed by atoms with Gasteiger partial charge in [-0.3, -0.25) is 0 Å². The predicted molar refractivity (Wildman–Crippen MR) is 90.6 cm³/mol. The fourth-order valence-electron chi connectivity index (χ4n) is 2.87. The van der Waals surface area contributed by atoms with E-state index in [0.29, 0.717) is 13.2 Å². The summed E-state index contributed by atoms with van der Waals surface area (Å²) in [5.74, 6) is 0.799. The highest BCUT2D eigenvalue weighted by molar-refractivity contribution is 6.64. The smallest absolute Gasteiger partial charge is 0.491 e. The van der Waals surface area contributed by atoms with E-state index in [2.05, 4.69) is 12.2 Å². The lowest BCUT2D eigenvalue weighted by atomic mass is 9.77. The molecular formula is C17H24BNO5. The summed E-state index contributed by atoms with van der Waals surface area (Å²) in [5, 5.41) is 2.76. The van der Waals surface area contributed by atoms with Crippen LogP contribution in [0, 0.1) is 0 Å². The third kappa shape index (κ3) is 3.67. The molecule has 1 aromatic carbocycles. The third-order valence-electron chi connectivity index (χ3n) is 4.00. The van der Waals surface area contributed by atoms with Crippen LogP contribution >= 0.6 is 0 Å². The molecule has 0 radical (unpaired) electrons. The van der Waals surface area contributed by atoms with Crippen molar-refractivity contribution in [2.24, 2.45) is 0 Å². The first-order valence-electron chi connectivity index (χ1n) is 8.40. The van der Waals surface area contributed by atoms with Gasteiger partial charge < -0.3 is 24.1 Å². The molecule has 1 aromatic rings. The van der Waals surface area contributed by atoms with E-state index in [0.717, 1.165) is 23.2 Å². The highest BCUT2D eigenvalue weighted by Gasteiger charge is 2.43. The van der Waals surface area contributed by atoms with Crippen molar-refractivity contribution in [3.8, 4) is 5.75 Å². The molecule has 2 aliphatic heterocycles. The van der Waals surface area contributed by atoms with Gasteiger partial charge >= 0.3 is 13.2 Å². The highest BCUT2D eigenvalue weighted by Crippen LogP contribution is 2.31. The van der Waals surface area contributed by atoms with Crippen LogP contribution in [0.4, 0.5) is 4.79 Å². The topological polar surface area (TPSA) is 66.0 Å². The molecule has 0 aliphatic carbocycles. The van der Waals surface area contributed by atoms with Gasteiger partial charge in [0.25, 0.3) is 0 Å². The molecule has 1 N–H and O–H groups in total. The van der Waals surface area contributed by atoms with Gasteiger partial charge in [-0.2, -0.15) is 0 Å². The summed E-state index contributed by atoms with van der Waals surface area (Å²) in [6.07, 6.45) is 0.108. The number of ether oxygens (including phenoxy) is 2. The first-order valence-corrected chi connectivity index (χ1v) is 8.40. The first-order chi connectivity index (χ1) is 11.4. The molecule has 0 aromatic heterocycles. The predicted octanol–water partition coefficient (Wildman–Crippen LogP) is 2.17. The second-order valence-corrected chi connectivity index (χ2v) is 7.08. The largest absolute Gasteiger partial charge is 0.498 e. The van der Waals surface area contributed by atoms with E-state index in [1.807, 2.05) is 39.0 Å². The molecule has 0 spiro atoms. The molecule has 130 valence electrons. The van der Waals surface area contributed by atoms with Crippen molar-refractivity contribution in [3.05, 3.63) is 23.8 Å². The molecule has 7 heteroatoms. The zero-order chi connectivity index (χ0) is 17.3. The Hall–Kier alpha value is -1.73. The lowest BCUT2D eigenvalue weighted by Gasteiger charge is -2.21. The van der Waals surface area contributed by atoms with E-state index in [-0.39, 0.29) is 12.2 Å². The summed E-state index contributed by atoms with van der Waals surface area (Å²) < 4.78 is 23.2. The summed E-state index contributed by atoms with van der Waals surface area (Å²) in [4.78, 5) is 11.9. The average molecular weight is 333 g/mol. The quantitative estimate of drug-likeness (QED) is 0.859. The summed E-state index contributed by atoms with van der Waals surface area (Å²) in [5.41, 5.74) is 1.40. The summed E-state index contributed by atoms with van der Waals surface area (Å²) in [6, 6.07) is 5.85. The minimum atomic E-state index is -0.527. The second-order valence-electron chi connectivity index (χ2n) is 7.08. The summed E-state index contributed by atoms with van der Waals surface area (Å²) in [6.45, 7) is 8.39. The Morgan fingerprint density at radius 3 is 2.88 bits per heavy atom. The molecule has 2 atom stereocenters. The molecule has 3 rings (SSSR count). The fourth-order valence-corrected chi connectivity index (χ4v) is 2.87. The maximum Gasteiger partial charge on any atom is 0.498 e. The number of alkyl carbamates (subject to hydrolysis) is 1. The molecule has 1 unspecified atom stereocenters. The number of carbonyl (C=O) groups is 1. The number of hydrogen-bond acceptors (Lipinski definition) is 5. The minimum Gasteiger partial charge on any atom is -0.491 e. The van der Waals surface area contributed by atoms with Gasteiger partial charge in [0.2, 0.25) is 0 Å². The number of nitrogens with one attached hydrogen (secondary N) is 1. The monoisotopic (exact) mass is 333 g/mol. The van der Waals surface area contributed by atoms with Crippen LogP contribution in [0.25, 0.3) is 0 Å². The van der Waals surface area contributed by atoms with E-state index in [1.54, 1.807) is 0 Å². The summed E-state index contributed by atoms with van der Waals surface area (Å²) in [7, 11) is -0.450. The van der Waals surface area contributed by atoms with Gasteiger partial charge in [0.15, 0.2) is 0 Å². The van der Waals surface area contributed by atoms with Crippen LogP contribution in [0.2, 0.25) is 0 Å². The van der Waals surface area contributed by atoms with Crippen molar-refractivity contribution in [1.82, 2.24) is 5.32 Å². The Bertz CT molecular complexity index is 615. The molecule has 1 amide bonds. The van der Waals surface area contributed by atoms with Crippen molar-refractivity contribution < 1.29 is 23.6 Å². The molecule has 6 nitrogen and oxygen atoms in total. The Balaban J connectivity index is 1.72. The van der Waals surface area contributed by atoms with Gasteiger partial charge in [0.05, 0.1) is 12.2 Å². The number of benzene rings is 1. The van der Waals surface area contributed by atoms with Gasteiger partial charge in [-0.15, -0.1) is 0 Å². The van der Waals surface area contributed by atoms with Gasteiger partial charge in [-0.25, -0.2) is 4.79 Å². The van der Waals surface area contributed by atoms with Crippen LogP contribution in [-0.4, -0.2) is 38.1 Å². The van der Waals surface area contributed by atoms with Gasteiger partial charge in [0, 0.05) is 12.0 Å². The lowest BCUT2D eigenvalue weighted by molar-refractivity contribution is 0.0481. The molecule has 0 saturated carbocycles. The number of rotatable bonds is 3. The van der Waals surface area contributed by atoms with Crippen LogP contribution in [-0.2, 0) is 14.0 Å². The van der Waals surface area contributed by atoms with Gasteiger partial charge in [-0.1, -0.05) is 19.1 Å². The van der Waals surface area contributed by atoms with E-state index >= 15 is 0 Å². The van der Waals surface area contributed by atoms with Crippen molar-refractivity contribution in [2.45, 2.75) is 51.9 Å². The van der Waals surface area contributed by atoms with E-state index < -0.39 is 18.8 Å². The van der Waals surface area contributed by atoms with E-state index in [4.69, 9.17) is 18.8 Å². The summed E-state index contributed by atoms with van der Waals surface area (Å²) >= 11 is 0. The molecule has 0 fully saturated rings. The minimum absolute atomic E-state index is 0.00665. The fraction of sp³-hybridized carbons (Fsp3) is 0.588. The average Bonchev–Trinajstić information content (AvgIpc) is 2.75. The van der Waals surface area contributed by atoms with E-state index in [9.17, 15) is 4.79 Å². The van der Waals surface area contributed by atoms with Crippen LogP contribution in [0.3, 0.4) is 0 Å². The van der Waals surface area contributed by atoms with Gasteiger partial charge in [-0.05, 0) is 38.8 Å². The lowest BCUT2D eigenvalue weighted by Crippen LogP contribution is -2.36. The second kappa shape index (κ2) is 6.65. The van der Waals surface area contributed by atoms with E-state index in [1.165, 1.54) is 0 Å². The Morgan fingerprint density at radius 2 is 2.17 bits per heavy atom. The SMILES string of the molecule is CC[C@@H]1COc2cccc3c2B(OC3CNC(=O)OC(C)(C)C)O1. The molecule has 24 heavy (non-hydrogen) atoms. The Kier molecular flexibility index (Phi) is 4.74. The number of hydrogen-bond donors (Lipinski definition) is 1. The maximum atomic E-state index is 11.9. The standard InChI is InChI=1S/C17H24BNO5/c1-5-11-10-21-13-8-6-7-12-14(24-18(23-11)15(12)13)9-19-16(20)22-17(2,3)4/h6-8,11,14H,5,9-10H2,1-4H3,(H,19,20)/t11-,14?/m1/s1. The van der Waals surface area contributed by atoms with Crippen molar-refractivity contribution in [1.29, 1.82) is 0 Å². The Labute approximate surface area is 142 Å². The van der Waals surface area contributed by atoms with Crippen molar-refractivity contribution in [3.63, 3.8) is 0 Å². The first kappa shape index (κ1) is 17.1. The molecule has 2 aliphatic rings. The maximum absolute atomic E-state index is 11.9. The molecule has 0 bridgehead atoms. The van der Waals surface area contributed by atoms with Gasteiger partial charge in [0.1, 0.15) is 18.0 Å². The van der Waals surface area contributed by atoms with Crippen molar-refractivity contribution >= 4 is 18.7 Å². The normalized spacial score (nSPS) is 22.4. The highest BCUT2D eigenvalue weighted by atomic mass is 16.6. The number of amides is 1. The van der Waals surface area contributed by atoms with Crippen LogP contribution in [0.1, 0.15) is 45.8 Å². The van der Waals surface area contributed by atoms with Crippen molar-refractivity contribution in [2.75, 3.05) is 13.2 Å². The molecule has 2 heterocycles. The van der Waals surface area contributed by atoms with Crippen LogP contribution in [0.5, 0.6) is 5.75 Å². The zero-order valence-electron chi connectivity index (χ0n) is 14.6. The zero-order valence-corrected chi connectivity index (χ0v) is 14.6. The van der Waals surface area contributed by atoms with Crippen LogP contribution in [0.15, 0.2) is 18.2 Å².